The summed E-state index contributed by atoms with van der Waals surface area (Å²) in [5.41, 5.74) is 3.90. The van der Waals surface area contributed by atoms with Gasteiger partial charge in [-0.1, -0.05) is 42.5 Å². The number of nitrogens with zero attached hydrogens (tertiary/aromatic N) is 1. The van der Waals surface area contributed by atoms with Gasteiger partial charge in [0.25, 0.3) is 0 Å². The molecule has 0 aliphatic heterocycles. The fraction of sp³-hybridized carbons (Fsp3) is 0.304. The number of nitrogens with one attached hydrogen (secondary N) is 1. The van der Waals surface area contributed by atoms with Crippen molar-refractivity contribution in [2.24, 2.45) is 0 Å². The van der Waals surface area contributed by atoms with Crippen molar-refractivity contribution in [1.29, 1.82) is 0 Å². The molecule has 0 radical (unpaired) electrons. The lowest BCUT2D eigenvalue weighted by Crippen LogP contribution is -2.18. The first-order valence-electron chi connectivity index (χ1n) is 9.26. The van der Waals surface area contributed by atoms with Crippen LogP contribution in [0.15, 0.2) is 77.4 Å². The molecule has 0 fully saturated rings. The van der Waals surface area contributed by atoms with Crippen LogP contribution in [0, 0.1) is 0 Å². The van der Waals surface area contributed by atoms with Crippen molar-refractivity contribution in [3.05, 3.63) is 89.9 Å². The molecule has 136 valence electrons. The molecule has 0 amide bonds. The lowest BCUT2D eigenvalue weighted by molar-refractivity contribution is 0.436. The normalized spacial score (nSPS) is 12.1. The second kappa shape index (κ2) is 9.25. The zero-order valence-corrected chi connectivity index (χ0v) is 15.7. The molecule has 1 heterocycles. The van der Waals surface area contributed by atoms with Crippen molar-refractivity contribution in [3.63, 3.8) is 0 Å². The van der Waals surface area contributed by atoms with Crippen molar-refractivity contribution < 1.29 is 4.42 Å². The molecule has 0 bridgehead atoms. The van der Waals surface area contributed by atoms with E-state index in [-0.39, 0.29) is 0 Å². The maximum atomic E-state index is 5.69. The lowest BCUT2D eigenvalue weighted by atomic mass is 9.94. The first kappa shape index (κ1) is 18.3. The number of benzene rings is 2. The van der Waals surface area contributed by atoms with E-state index < -0.39 is 0 Å². The lowest BCUT2D eigenvalue weighted by Gasteiger charge is -2.16. The molecule has 1 aromatic heterocycles. The minimum Gasteiger partial charge on any atom is -0.469 e. The Balaban J connectivity index is 1.51. The Morgan fingerprint density at radius 1 is 0.885 bits per heavy atom. The van der Waals surface area contributed by atoms with Gasteiger partial charge in [0.15, 0.2) is 0 Å². The molecule has 0 spiro atoms. The fourth-order valence-corrected chi connectivity index (χ4v) is 3.19. The molecule has 1 atom stereocenters. The highest BCUT2D eigenvalue weighted by atomic mass is 16.3. The van der Waals surface area contributed by atoms with Gasteiger partial charge in [-0.2, -0.15) is 0 Å². The summed E-state index contributed by atoms with van der Waals surface area (Å²) in [6.45, 7) is 1.86. The van der Waals surface area contributed by atoms with E-state index in [9.17, 15) is 0 Å². The van der Waals surface area contributed by atoms with Gasteiger partial charge in [-0.15, -0.1) is 0 Å². The molecule has 1 N–H and O–H groups in total. The van der Waals surface area contributed by atoms with Crippen LogP contribution in [0.1, 0.15) is 29.2 Å². The number of hydrogen-bond donors (Lipinski definition) is 1. The van der Waals surface area contributed by atoms with Crippen molar-refractivity contribution >= 4 is 5.69 Å². The third-order valence-corrected chi connectivity index (χ3v) is 4.72. The topological polar surface area (TPSA) is 28.4 Å². The minimum atomic E-state index is 0.399. The predicted octanol–water partition coefficient (Wildman–Crippen LogP) is 4.85. The van der Waals surface area contributed by atoms with E-state index >= 15 is 0 Å². The van der Waals surface area contributed by atoms with Crippen LogP contribution < -0.4 is 10.2 Å². The van der Waals surface area contributed by atoms with Crippen molar-refractivity contribution in [1.82, 2.24) is 5.32 Å². The third-order valence-electron chi connectivity index (χ3n) is 4.72. The zero-order valence-electron chi connectivity index (χ0n) is 15.7. The van der Waals surface area contributed by atoms with Gasteiger partial charge < -0.3 is 14.6 Å². The Bertz CT molecular complexity index is 749. The Hall–Kier alpha value is -2.52. The van der Waals surface area contributed by atoms with Gasteiger partial charge in [-0.3, -0.25) is 0 Å². The highest BCUT2D eigenvalue weighted by molar-refractivity contribution is 5.45. The van der Waals surface area contributed by atoms with Crippen molar-refractivity contribution in [3.8, 4) is 0 Å². The van der Waals surface area contributed by atoms with Crippen LogP contribution in [0.25, 0.3) is 0 Å². The van der Waals surface area contributed by atoms with E-state index in [1.807, 2.05) is 6.07 Å². The van der Waals surface area contributed by atoms with Gasteiger partial charge in [0, 0.05) is 32.2 Å². The summed E-state index contributed by atoms with van der Waals surface area (Å²) in [6.07, 6.45) is 3.83. The Kier molecular flexibility index (Phi) is 6.50. The summed E-state index contributed by atoms with van der Waals surface area (Å²) in [4.78, 5) is 2.12. The van der Waals surface area contributed by atoms with Gasteiger partial charge in [0.2, 0.25) is 0 Å². The largest absolute Gasteiger partial charge is 0.469 e. The highest BCUT2D eigenvalue weighted by Crippen LogP contribution is 2.24. The molecule has 0 unspecified atom stereocenters. The number of rotatable bonds is 9. The second-order valence-corrected chi connectivity index (χ2v) is 6.93. The van der Waals surface area contributed by atoms with Crippen LogP contribution in [-0.2, 0) is 13.0 Å². The van der Waals surface area contributed by atoms with E-state index in [2.05, 4.69) is 85.0 Å². The maximum absolute atomic E-state index is 5.69. The van der Waals surface area contributed by atoms with E-state index in [0.717, 1.165) is 31.7 Å². The molecule has 26 heavy (non-hydrogen) atoms. The fourth-order valence-electron chi connectivity index (χ4n) is 3.19. The smallest absolute Gasteiger partial charge is 0.107 e. The van der Waals surface area contributed by atoms with Crippen molar-refractivity contribution in [2.75, 3.05) is 25.5 Å². The molecule has 3 heteroatoms. The highest BCUT2D eigenvalue weighted by Gasteiger charge is 2.14. The molecule has 2 aromatic carbocycles. The summed E-state index contributed by atoms with van der Waals surface area (Å²) >= 11 is 0. The monoisotopic (exact) mass is 348 g/mol. The Labute approximate surface area is 156 Å². The van der Waals surface area contributed by atoms with E-state index in [1.54, 1.807) is 6.26 Å². The summed E-state index contributed by atoms with van der Waals surface area (Å²) in [6, 6.07) is 23.4. The van der Waals surface area contributed by atoms with Crippen molar-refractivity contribution in [2.45, 2.75) is 25.3 Å². The van der Waals surface area contributed by atoms with E-state index in [4.69, 9.17) is 4.42 Å². The second-order valence-electron chi connectivity index (χ2n) is 6.93. The average Bonchev–Trinajstić information content (AvgIpc) is 3.20. The zero-order chi connectivity index (χ0) is 18.2. The summed E-state index contributed by atoms with van der Waals surface area (Å²) < 4.78 is 5.69. The molecule has 3 nitrogen and oxygen atoms in total. The van der Waals surface area contributed by atoms with Gasteiger partial charge >= 0.3 is 0 Å². The van der Waals surface area contributed by atoms with Crippen LogP contribution >= 0.6 is 0 Å². The van der Waals surface area contributed by atoms with Crippen LogP contribution in [0.5, 0.6) is 0 Å². The number of anilines is 1. The molecule has 0 saturated heterocycles. The third kappa shape index (κ3) is 5.24. The molecule has 3 aromatic rings. The first-order valence-corrected chi connectivity index (χ1v) is 9.26. The molecule has 0 saturated carbocycles. The minimum absolute atomic E-state index is 0.399. The summed E-state index contributed by atoms with van der Waals surface area (Å²) in [5, 5.41) is 3.57. The molecule has 0 aliphatic carbocycles. The number of furan rings is 1. The average molecular weight is 348 g/mol. The van der Waals surface area contributed by atoms with Crippen LogP contribution in [-0.4, -0.2) is 20.6 Å². The summed E-state index contributed by atoms with van der Waals surface area (Å²) in [5.74, 6) is 1.47. The van der Waals surface area contributed by atoms with Crippen LogP contribution in [0.2, 0.25) is 0 Å². The maximum Gasteiger partial charge on any atom is 0.107 e. The van der Waals surface area contributed by atoms with Gasteiger partial charge in [0.05, 0.1) is 6.26 Å². The molecule has 3 rings (SSSR count). The summed E-state index contributed by atoms with van der Waals surface area (Å²) in [7, 11) is 4.13. The Morgan fingerprint density at radius 3 is 2.31 bits per heavy atom. The predicted molar refractivity (Wildman–Crippen MR) is 109 cm³/mol. The van der Waals surface area contributed by atoms with E-state index in [0.29, 0.717) is 5.92 Å². The first-order chi connectivity index (χ1) is 12.7. The SMILES string of the molecule is CN(C)c1ccc(CNCC[C@H](Cc2ccccc2)c2ccco2)cc1. The number of hydrogen-bond acceptors (Lipinski definition) is 3. The Morgan fingerprint density at radius 2 is 1.65 bits per heavy atom. The molecule has 0 aliphatic rings. The molecular weight excluding hydrogens is 320 g/mol. The standard InChI is InChI=1S/C23H28N2O/c1-25(2)22-12-10-20(11-13-22)18-24-15-14-21(23-9-6-16-26-23)17-19-7-4-3-5-8-19/h3-13,16,21,24H,14-15,17-18H2,1-2H3/t21-/m1/s1. The van der Waals surface area contributed by atoms with Crippen LogP contribution in [0.3, 0.4) is 0 Å². The van der Waals surface area contributed by atoms with E-state index in [1.165, 1.54) is 16.8 Å². The van der Waals surface area contributed by atoms with Gasteiger partial charge in [-0.05, 0) is 54.8 Å². The quantitative estimate of drug-likeness (QED) is 0.560. The van der Waals surface area contributed by atoms with Gasteiger partial charge in [0.1, 0.15) is 5.76 Å². The van der Waals surface area contributed by atoms with Gasteiger partial charge in [-0.25, -0.2) is 0 Å². The van der Waals surface area contributed by atoms with Crippen LogP contribution in [0.4, 0.5) is 5.69 Å². The molecular formula is C23H28N2O.